The van der Waals surface area contributed by atoms with Gasteiger partial charge in [0.25, 0.3) is 0 Å². The number of methoxy groups -OCH3 is 1. The molecule has 3 N–H and O–H groups in total. The summed E-state index contributed by atoms with van der Waals surface area (Å²) in [6.45, 7) is 4.05. The number of aryl methyl sites for hydroxylation is 1. The van der Waals surface area contributed by atoms with E-state index >= 15 is 0 Å². The average molecular weight is 272 g/mol. The van der Waals surface area contributed by atoms with Crippen LogP contribution in [0.1, 0.15) is 18.9 Å². The Kier molecular flexibility index (Phi) is 5.13. The summed E-state index contributed by atoms with van der Waals surface area (Å²) in [5, 5.41) is 0. The van der Waals surface area contributed by atoms with Crippen LogP contribution in [0.3, 0.4) is 0 Å². The van der Waals surface area contributed by atoms with Crippen LogP contribution < -0.4 is 10.5 Å². The van der Waals surface area contributed by atoms with Gasteiger partial charge in [-0.25, -0.2) is 13.1 Å². The van der Waals surface area contributed by atoms with E-state index in [0.29, 0.717) is 24.3 Å². The van der Waals surface area contributed by atoms with E-state index in [1.807, 2.05) is 6.92 Å². The van der Waals surface area contributed by atoms with Crippen LogP contribution in [0.15, 0.2) is 23.1 Å². The molecule has 0 fully saturated rings. The number of nitrogens with one attached hydrogen (secondary N) is 1. The van der Waals surface area contributed by atoms with Crippen molar-refractivity contribution in [3.8, 4) is 0 Å². The largest absolute Gasteiger partial charge is 0.399 e. The molecule has 0 aliphatic carbocycles. The van der Waals surface area contributed by atoms with E-state index in [9.17, 15) is 8.42 Å². The third-order valence-electron chi connectivity index (χ3n) is 2.60. The molecule has 0 bridgehead atoms. The van der Waals surface area contributed by atoms with E-state index in [-0.39, 0.29) is 10.9 Å². The highest BCUT2D eigenvalue weighted by Crippen LogP contribution is 2.18. The van der Waals surface area contributed by atoms with Gasteiger partial charge in [0.05, 0.1) is 4.90 Å². The molecule has 0 aliphatic rings. The molecule has 0 amide bonds. The van der Waals surface area contributed by atoms with Crippen molar-refractivity contribution in [3.63, 3.8) is 0 Å². The van der Waals surface area contributed by atoms with E-state index in [4.69, 9.17) is 10.5 Å². The molecule has 1 rings (SSSR count). The Labute approximate surface area is 108 Å². The number of benzene rings is 1. The molecule has 1 aromatic carbocycles. The molecule has 1 aromatic rings. The summed E-state index contributed by atoms with van der Waals surface area (Å²) < 4.78 is 31.8. The van der Waals surface area contributed by atoms with Crippen molar-refractivity contribution in [1.82, 2.24) is 4.72 Å². The zero-order valence-corrected chi connectivity index (χ0v) is 11.8. The molecule has 0 saturated carbocycles. The maximum absolute atomic E-state index is 12.1. The van der Waals surface area contributed by atoms with Crippen LogP contribution in [0.4, 0.5) is 5.69 Å². The van der Waals surface area contributed by atoms with E-state index in [0.717, 1.165) is 0 Å². The van der Waals surface area contributed by atoms with Crippen LogP contribution in [0, 0.1) is 6.92 Å². The molecule has 0 radical (unpaired) electrons. The Balaban J connectivity index is 2.86. The fourth-order valence-electron chi connectivity index (χ4n) is 1.66. The average Bonchev–Trinajstić information content (AvgIpc) is 2.25. The first-order chi connectivity index (χ1) is 8.36. The third-order valence-corrected chi connectivity index (χ3v) is 4.35. The number of nitrogens with two attached hydrogens (primary N) is 1. The molecule has 6 heteroatoms. The van der Waals surface area contributed by atoms with Gasteiger partial charge in [0.15, 0.2) is 0 Å². The maximum Gasteiger partial charge on any atom is 0.241 e. The zero-order chi connectivity index (χ0) is 13.8. The second-order valence-corrected chi connectivity index (χ2v) is 6.01. The first-order valence-electron chi connectivity index (χ1n) is 5.74. The lowest BCUT2D eigenvalue weighted by Crippen LogP contribution is -2.33. The smallest absolute Gasteiger partial charge is 0.241 e. The third kappa shape index (κ3) is 3.97. The van der Waals surface area contributed by atoms with Crippen LogP contribution in [-0.4, -0.2) is 28.2 Å². The summed E-state index contributed by atoms with van der Waals surface area (Å²) in [6, 6.07) is 4.58. The molecular formula is C12H20N2O3S. The van der Waals surface area contributed by atoms with E-state index in [2.05, 4.69) is 4.72 Å². The monoisotopic (exact) mass is 272 g/mol. The molecule has 0 heterocycles. The summed E-state index contributed by atoms with van der Waals surface area (Å²) >= 11 is 0. The van der Waals surface area contributed by atoms with Gasteiger partial charge in [0.1, 0.15) is 0 Å². The number of hydrogen-bond acceptors (Lipinski definition) is 4. The number of rotatable bonds is 6. The Morgan fingerprint density at radius 1 is 1.44 bits per heavy atom. The number of anilines is 1. The fourth-order valence-corrected chi connectivity index (χ4v) is 3.16. The quantitative estimate of drug-likeness (QED) is 0.764. The molecule has 0 spiro atoms. The molecule has 0 aromatic heterocycles. The Morgan fingerprint density at radius 2 is 2.11 bits per heavy atom. The molecule has 1 unspecified atom stereocenters. The van der Waals surface area contributed by atoms with Gasteiger partial charge in [0.2, 0.25) is 10.0 Å². The van der Waals surface area contributed by atoms with Crippen LogP contribution in [-0.2, 0) is 14.8 Å². The predicted molar refractivity (Wildman–Crippen MR) is 71.9 cm³/mol. The minimum atomic E-state index is -3.50. The summed E-state index contributed by atoms with van der Waals surface area (Å²) in [5.41, 5.74) is 6.80. The molecule has 102 valence electrons. The van der Waals surface area contributed by atoms with Gasteiger partial charge in [-0.3, -0.25) is 0 Å². The number of nitrogen functional groups attached to an aromatic ring is 1. The Bertz CT molecular complexity index is 500. The van der Waals surface area contributed by atoms with E-state index in [1.54, 1.807) is 26.2 Å². The lowest BCUT2D eigenvalue weighted by Gasteiger charge is -2.15. The molecule has 0 saturated heterocycles. The standard InChI is InChI=1S/C12H20N2O3S/c1-9-8-11(13)4-5-12(9)18(15,16)14-10(2)6-7-17-3/h4-5,8,10,14H,6-7,13H2,1-3H3. The SMILES string of the molecule is COCCC(C)NS(=O)(=O)c1ccc(N)cc1C. The molecule has 18 heavy (non-hydrogen) atoms. The van der Waals surface area contributed by atoms with Gasteiger partial charge in [-0.05, 0) is 44.0 Å². The van der Waals surface area contributed by atoms with Crippen LogP contribution in [0.5, 0.6) is 0 Å². The minimum Gasteiger partial charge on any atom is -0.399 e. The van der Waals surface area contributed by atoms with Crippen molar-refractivity contribution in [3.05, 3.63) is 23.8 Å². The van der Waals surface area contributed by atoms with Crippen molar-refractivity contribution >= 4 is 15.7 Å². The lowest BCUT2D eigenvalue weighted by atomic mass is 10.2. The van der Waals surface area contributed by atoms with Crippen LogP contribution in [0.25, 0.3) is 0 Å². The van der Waals surface area contributed by atoms with Crippen molar-refractivity contribution in [2.24, 2.45) is 0 Å². The Hall–Kier alpha value is -1.11. The van der Waals surface area contributed by atoms with Gasteiger partial charge in [-0.2, -0.15) is 0 Å². The Morgan fingerprint density at radius 3 is 2.67 bits per heavy atom. The molecular weight excluding hydrogens is 252 g/mol. The topological polar surface area (TPSA) is 81.4 Å². The van der Waals surface area contributed by atoms with Gasteiger partial charge in [-0.15, -0.1) is 0 Å². The van der Waals surface area contributed by atoms with Gasteiger partial charge in [0, 0.05) is 25.4 Å². The highest BCUT2D eigenvalue weighted by Gasteiger charge is 2.19. The molecule has 1 atom stereocenters. The highest BCUT2D eigenvalue weighted by atomic mass is 32.2. The molecule has 0 aliphatic heterocycles. The van der Waals surface area contributed by atoms with Crippen molar-refractivity contribution in [1.29, 1.82) is 0 Å². The first-order valence-corrected chi connectivity index (χ1v) is 7.22. The van der Waals surface area contributed by atoms with Crippen molar-refractivity contribution < 1.29 is 13.2 Å². The number of sulfonamides is 1. The second-order valence-electron chi connectivity index (χ2n) is 4.33. The number of ether oxygens (including phenoxy) is 1. The van der Waals surface area contributed by atoms with Crippen LogP contribution >= 0.6 is 0 Å². The highest BCUT2D eigenvalue weighted by molar-refractivity contribution is 7.89. The normalized spacial score (nSPS) is 13.5. The van der Waals surface area contributed by atoms with Crippen LogP contribution in [0.2, 0.25) is 0 Å². The summed E-state index contributed by atoms with van der Waals surface area (Å²) in [4.78, 5) is 0.265. The predicted octanol–water partition coefficient (Wildman–Crippen LogP) is 1.28. The minimum absolute atomic E-state index is 0.174. The first kappa shape index (κ1) is 14.9. The number of hydrogen-bond donors (Lipinski definition) is 2. The van der Waals surface area contributed by atoms with Gasteiger partial charge >= 0.3 is 0 Å². The van der Waals surface area contributed by atoms with Gasteiger partial charge in [-0.1, -0.05) is 0 Å². The van der Waals surface area contributed by atoms with E-state index < -0.39 is 10.0 Å². The molecule has 5 nitrogen and oxygen atoms in total. The maximum atomic E-state index is 12.1. The van der Waals surface area contributed by atoms with Crippen molar-refractivity contribution in [2.75, 3.05) is 19.5 Å². The lowest BCUT2D eigenvalue weighted by molar-refractivity contribution is 0.188. The fraction of sp³-hybridized carbons (Fsp3) is 0.500. The van der Waals surface area contributed by atoms with E-state index in [1.165, 1.54) is 6.07 Å². The summed E-state index contributed by atoms with van der Waals surface area (Å²) in [6.07, 6.45) is 0.629. The zero-order valence-electron chi connectivity index (χ0n) is 10.9. The van der Waals surface area contributed by atoms with Crippen molar-refractivity contribution in [2.45, 2.75) is 31.2 Å². The van der Waals surface area contributed by atoms with Gasteiger partial charge < -0.3 is 10.5 Å². The summed E-state index contributed by atoms with van der Waals surface area (Å²) in [7, 11) is -1.91. The second kappa shape index (κ2) is 6.17. The summed E-state index contributed by atoms with van der Waals surface area (Å²) in [5.74, 6) is 0.